The van der Waals surface area contributed by atoms with Gasteiger partial charge in [0.2, 0.25) is 0 Å². The number of nitrogens with zero attached hydrogens (tertiary/aromatic N) is 2. The Bertz CT molecular complexity index is 255. The molecule has 1 rings (SSSR count). The summed E-state index contributed by atoms with van der Waals surface area (Å²) in [5.74, 6) is 0. The smallest absolute Gasteiger partial charge is 0.385 e. The average molecular weight is 168 g/mol. The number of halogens is 1. The SMILES string of the molecule is OB(F)ON=Nc1ccccc1. The molecule has 0 radical (unpaired) electrons. The fraction of sp³-hybridized carbons (Fsp3) is 0. The van der Waals surface area contributed by atoms with Gasteiger partial charge in [-0.1, -0.05) is 18.2 Å². The van der Waals surface area contributed by atoms with Crippen LogP contribution in [0.4, 0.5) is 10.0 Å². The predicted octanol–water partition coefficient (Wildman–Crippen LogP) is 1.65. The first kappa shape index (κ1) is 8.67. The van der Waals surface area contributed by atoms with E-state index >= 15 is 0 Å². The van der Waals surface area contributed by atoms with Crippen LogP contribution in [-0.2, 0) is 4.76 Å². The van der Waals surface area contributed by atoms with Crippen molar-refractivity contribution in [3.05, 3.63) is 30.3 Å². The Hall–Kier alpha value is -1.43. The first-order valence-corrected chi connectivity index (χ1v) is 3.23. The van der Waals surface area contributed by atoms with E-state index in [2.05, 4.69) is 15.1 Å². The lowest BCUT2D eigenvalue weighted by molar-refractivity contribution is 0.215. The van der Waals surface area contributed by atoms with E-state index in [1.165, 1.54) is 0 Å². The summed E-state index contributed by atoms with van der Waals surface area (Å²) in [4.78, 5) is 0. The molecule has 0 saturated carbocycles. The zero-order valence-corrected chi connectivity index (χ0v) is 6.09. The van der Waals surface area contributed by atoms with Crippen LogP contribution in [0, 0.1) is 0 Å². The monoisotopic (exact) mass is 168 g/mol. The molecule has 12 heavy (non-hydrogen) atoms. The van der Waals surface area contributed by atoms with Crippen molar-refractivity contribution < 1.29 is 14.1 Å². The van der Waals surface area contributed by atoms with Crippen LogP contribution in [0.25, 0.3) is 0 Å². The zero-order valence-electron chi connectivity index (χ0n) is 6.09. The molecule has 62 valence electrons. The topological polar surface area (TPSA) is 54.2 Å². The highest BCUT2D eigenvalue weighted by Crippen LogP contribution is 2.09. The van der Waals surface area contributed by atoms with Gasteiger partial charge in [0, 0.05) is 5.28 Å². The normalized spacial score (nSPS) is 10.2. The summed E-state index contributed by atoms with van der Waals surface area (Å²) in [5, 5.41) is 14.4. The number of hydrogen-bond donors (Lipinski definition) is 1. The summed E-state index contributed by atoms with van der Waals surface area (Å²) in [6, 6.07) is 8.64. The molecule has 0 aliphatic heterocycles. The highest BCUT2D eigenvalue weighted by Gasteiger charge is 2.12. The molecule has 0 fully saturated rings. The minimum atomic E-state index is -2.42. The van der Waals surface area contributed by atoms with E-state index < -0.39 is 7.40 Å². The molecule has 0 unspecified atom stereocenters. The first-order chi connectivity index (χ1) is 5.79. The molecule has 1 aromatic carbocycles. The van der Waals surface area contributed by atoms with Crippen LogP contribution < -0.4 is 0 Å². The average Bonchev–Trinajstić information content (AvgIpc) is 2.05. The summed E-state index contributed by atoms with van der Waals surface area (Å²) in [5.41, 5.74) is 0.526. The molecule has 0 spiro atoms. The minimum Gasteiger partial charge on any atom is -0.385 e. The van der Waals surface area contributed by atoms with Crippen LogP contribution in [0.1, 0.15) is 0 Å². The van der Waals surface area contributed by atoms with E-state index in [0.717, 1.165) is 0 Å². The maximum absolute atomic E-state index is 11.6. The molecule has 1 N–H and O–H groups in total. The van der Waals surface area contributed by atoms with E-state index in [1.807, 2.05) is 6.07 Å². The molecule has 0 atom stereocenters. The Morgan fingerprint density at radius 1 is 1.33 bits per heavy atom. The van der Waals surface area contributed by atoms with Crippen LogP contribution in [0.15, 0.2) is 40.7 Å². The lowest BCUT2D eigenvalue weighted by atomic mass is 10.3. The molecule has 0 aromatic heterocycles. The van der Waals surface area contributed by atoms with Crippen molar-refractivity contribution in [1.82, 2.24) is 0 Å². The summed E-state index contributed by atoms with van der Waals surface area (Å²) in [7, 11) is -2.42. The van der Waals surface area contributed by atoms with Gasteiger partial charge in [0.15, 0.2) is 0 Å². The third-order valence-corrected chi connectivity index (χ3v) is 1.05. The van der Waals surface area contributed by atoms with Gasteiger partial charge in [-0.15, -0.1) is 5.11 Å². The van der Waals surface area contributed by atoms with Crippen LogP contribution in [0.3, 0.4) is 0 Å². The number of hydrogen-bond acceptors (Lipinski definition) is 4. The Labute approximate surface area is 68.8 Å². The van der Waals surface area contributed by atoms with Gasteiger partial charge in [-0.3, -0.25) is 0 Å². The van der Waals surface area contributed by atoms with Gasteiger partial charge in [-0.05, 0) is 12.1 Å². The molecule has 0 saturated heterocycles. The van der Waals surface area contributed by atoms with Crippen LogP contribution in [0.2, 0.25) is 0 Å². The van der Waals surface area contributed by atoms with E-state index in [0.29, 0.717) is 5.69 Å². The molecular weight excluding hydrogens is 162 g/mol. The van der Waals surface area contributed by atoms with Crippen molar-refractivity contribution in [2.75, 3.05) is 0 Å². The van der Waals surface area contributed by atoms with E-state index in [4.69, 9.17) is 5.02 Å². The molecule has 0 heterocycles. The highest BCUT2D eigenvalue weighted by atomic mass is 19.1. The van der Waals surface area contributed by atoms with Crippen LogP contribution >= 0.6 is 0 Å². The molecular formula is C6H6BFN2O2. The van der Waals surface area contributed by atoms with E-state index in [1.54, 1.807) is 24.3 Å². The third kappa shape index (κ3) is 3.11. The van der Waals surface area contributed by atoms with Crippen LogP contribution in [0.5, 0.6) is 0 Å². The molecule has 1 aromatic rings. The van der Waals surface area contributed by atoms with Gasteiger partial charge in [-0.25, -0.2) is 4.32 Å². The van der Waals surface area contributed by atoms with Gasteiger partial charge in [0.25, 0.3) is 0 Å². The maximum Gasteiger partial charge on any atom is 0.774 e. The minimum absolute atomic E-state index is 0.526. The standard InChI is InChI=1S/C6H6BFN2O2/c8-7(11)12-10-9-6-4-2-1-3-5-6/h1-5,11H. The second-order valence-electron chi connectivity index (χ2n) is 1.91. The maximum atomic E-state index is 11.6. The van der Waals surface area contributed by atoms with Crippen molar-refractivity contribution >= 4 is 13.1 Å². The largest absolute Gasteiger partial charge is 0.774 e. The van der Waals surface area contributed by atoms with Crippen molar-refractivity contribution in [2.24, 2.45) is 10.4 Å². The fourth-order valence-corrected chi connectivity index (χ4v) is 0.604. The Balaban J connectivity index is 2.47. The summed E-state index contributed by atoms with van der Waals surface area (Å²) >= 11 is 0. The van der Waals surface area contributed by atoms with Gasteiger partial charge in [-0.2, -0.15) is 0 Å². The van der Waals surface area contributed by atoms with Crippen LogP contribution in [-0.4, -0.2) is 12.4 Å². The van der Waals surface area contributed by atoms with Gasteiger partial charge >= 0.3 is 7.40 Å². The van der Waals surface area contributed by atoms with Crippen molar-refractivity contribution in [3.8, 4) is 0 Å². The number of benzene rings is 1. The van der Waals surface area contributed by atoms with Gasteiger partial charge in [0.1, 0.15) is 0 Å². The Kier molecular flexibility index (Phi) is 3.22. The van der Waals surface area contributed by atoms with E-state index in [-0.39, 0.29) is 0 Å². The molecule has 0 amide bonds. The van der Waals surface area contributed by atoms with Gasteiger partial charge in [0.05, 0.1) is 5.69 Å². The second kappa shape index (κ2) is 4.45. The van der Waals surface area contributed by atoms with E-state index in [9.17, 15) is 4.32 Å². The second-order valence-corrected chi connectivity index (χ2v) is 1.91. The van der Waals surface area contributed by atoms with Crippen molar-refractivity contribution in [2.45, 2.75) is 0 Å². The first-order valence-electron chi connectivity index (χ1n) is 3.23. The molecule has 0 aliphatic carbocycles. The Morgan fingerprint density at radius 3 is 2.58 bits per heavy atom. The van der Waals surface area contributed by atoms with Gasteiger partial charge < -0.3 is 9.78 Å². The molecule has 6 heteroatoms. The summed E-state index contributed by atoms with van der Waals surface area (Å²) < 4.78 is 15.4. The lowest BCUT2D eigenvalue weighted by Gasteiger charge is -1.90. The Morgan fingerprint density at radius 2 is 2.00 bits per heavy atom. The quantitative estimate of drug-likeness (QED) is 0.423. The molecule has 4 nitrogen and oxygen atoms in total. The fourth-order valence-electron chi connectivity index (χ4n) is 0.604. The third-order valence-electron chi connectivity index (χ3n) is 1.05. The molecule has 0 aliphatic rings. The molecule has 0 bridgehead atoms. The summed E-state index contributed by atoms with van der Waals surface area (Å²) in [6.07, 6.45) is 0. The lowest BCUT2D eigenvalue weighted by Crippen LogP contribution is -2.04. The van der Waals surface area contributed by atoms with Crippen molar-refractivity contribution in [3.63, 3.8) is 0 Å². The highest BCUT2D eigenvalue weighted by molar-refractivity contribution is 6.33. The summed E-state index contributed by atoms with van der Waals surface area (Å²) in [6.45, 7) is 0. The zero-order chi connectivity index (χ0) is 8.81. The van der Waals surface area contributed by atoms with Crippen molar-refractivity contribution in [1.29, 1.82) is 0 Å². The number of rotatable bonds is 3. The predicted molar refractivity (Wildman–Crippen MR) is 41.1 cm³/mol.